The van der Waals surface area contributed by atoms with Crippen LogP contribution in [0.2, 0.25) is 0 Å². The van der Waals surface area contributed by atoms with Crippen LogP contribution in [-0.2, 0) is 4.79 Å². The summed E-state index contributed by atoms with van der Waals surface area (Å²) in [7, 11) is 2.78. The van der Waals surface area contributed by atoms with E-state index in [1.54, 1.807) is 24.3 Å². The van der Waals surface area contributed by atoms with Crippen LogP contribution in [0, 0.1) is 10.1 Å². The van der Waals surface area contributed by atoms with E-state index in [2.05, 4.69) is 10.5 Å². The highest BCUT2D eigenvalue weighted by Gasteiger charge is 2.18. The minimum atomic E-state index is -0.822. The number of nitro benzene ring substituents is 1. The number of hydrazone groups is 1. The van der Waals surface area contributed by atoms with E-state index in [9.17, 15) is 20.0 Å². The molecule has 0 saturated carbocycles. The Morgan fingerprint density at radius 1 is 1.23 bits per heavy atom. The number of benzene rings is 2. The zero-order chi connectivity index (χ0) is 22.8. The number of carbonyl (C=O) groups excluding carboxylic acids is 1. The molecule has 2 aromatic carbocycles. The lowest BCUT2D eigenvalue weighted by Gasteiger charge is -2.11. The number of aliphatic hydroxyl groups excluding tert-OH is 1. The van der Waals surface area contributed by atoms with Crippen LogP contribution in [-0.4, -0.2) is 43.0 Å². The van der Waals surface area contributed by atoms with Crippen LogP contribution in [0.3, 0.4) is 0 Å². The fourth-order valence-corrected chi connectivity index (χ4v) is 2.76. The topological polar surface area (TPSA) is 133 Å². The van der Waals surface area contributed by atoms with Gasteiger partial charge in [0.1, 0.15) is 5.75 Å². The molecule has 0 aromatic heterocycles. The molecule has 31 heavy (non-hydrogen) atoms. The van der Waals surface area contributed by atoms with Gasteiger partial charge >= 0.3 is 0 Å². The third-order valence-corrected chi connectivity index (χ3v) is 4.34. The Kier molecular flexibility index (Phi) is 8.77. The van der Waals surface area contributed by atoms with Gasteiger partial charge in [0.25, 0.3) is 5.69 Å². The third kappa shape index (κ3) is 6.68. The van der Waals surface area contributed by atoms with Gasteiger partial charge in [-0.25, -0.2) is 5.43 Å². The molecular formula is C21H25N3O7. The fraction of sp³-hybridized carbons (Fsp3) is 0.333. The number of rotatable bonds is 11. The van der Waals surface area contributed by atoms with Crippen LogP contribution < -0.4 is 19.6 Å². The molecule has 2 N–H and O–H groups in total. The lowest BCUT2D eigenvalue weighted by molar-refractivity contribution is -0.385. The molecule has 0 heterocycles. The van der Waals surface area contributed by atoms with Gasteiger partial charge in [-0.1, -0.05) is 12.1 Å². The van der Waals surface area contributed by atoms with Crippen LogP contribution in [0.4, 0.5) is 5.69 Å². The molecule has 1 amide bonds. The van der Waals surface area contributed by atoms with Gasteiger partial charge in [-0.2, -0.15) is 5.10 Å². The van der Waals surface area contributed by atoms with E-state index in [0.717, 1.165) is 6.21 Å². The Morgan fingerprint density at radius 2 is 1.87 bits per heavy atom. The van der Waals surface area contributed by atoms with Gasteiger partial charge in [0.15, 0.2) is 11.5 Å². The summed E-state index contributed by atoms with van der Waals surface area (Å²) in [4.78, 5) is 22.7. The molecule has 0 aliphatic carbocycles. The second-order valence-electron chi connectivity index (χ2n) is 6.37. The Bertz CT molecular complexity index is 929. The molecule has 0 saturated heterocycles. The SMILES string of the molecule is CCOc1ccc([C@H](O)CCC(=O)N/N=C\c2cc(OC)c(OC)cc2[N+](=O)[O-])cc1. The van der Waals surface area contributed by atoms with Crippen molar-refractivity contribution in [3.05, 3.63) is 57.6 Å². The monoisotopic (exact) mass is 431 g/mol. The van der Waals surface area contributed by atoms with Crippen LogP contribution in [0.15, 0.2) is 41.5 Å². The van der Waals surface area contributed by atoms with Crippen LogP contribution >= 0.6 is 0 Å². The second-order valence-corrected chi connectivity index (χ2v) is 6.37. The largest absolute Gasteiger partial charge is 0.494 e. The van der Waals surface area contributed by atoms with Crippen molar-refractivity contribution in [1.82, 2.24) is 5.43 Å². The number of hydrogen-bond acceptors (Lipinski definition) is 8. The van der Waals surface area contributed by atoms with Gasteiger partial charge in [0, 0.05) is 6.42 Å². The molecule has 0 radical (unpaired) electrons. The lowest BCUT2D eigenvalue weighted by atomic mass is 10.0. The number of nitrogens with zero attached hydrogens (tertiary/aromatic N) is 2. The highest BCUT2D eigenvalue weighted by molar-refractivity contribution is 5.88. The van der Waals surface area contributed by atoms with Crippen molar-refractivity contribution in [2.75, 3.05) is 20.8 Å². The van der Waals surface area contributed by atoms with Crippen molar-refractivity contribution in [3.8, 4) is 17.2 Å². The lowest BCUT2D eigenvalue weighted by Crippen LogP contribution is -2.18. The molecule has 1 atom stereocenters. The summed E-state index contributed by atoms with van der Waals surface area (Å²) in [5, 5.41) is 25.3. The van der Waals surface area contributed by atoms with Crippen molar-refractivity contribution in [2.45, 2.75) is 25.9 Å². The van der Waals surface area contributed by atoms with E-state index < -0.39 is 16.9 Å². The molecule has 0 aliphatic rings. The number of methoxy groups -OCH3 is 2. The van der Waals surface area contributed by atoms with E-state index in [0.29, 0.717) is 23.7 Å². The van der Waals surface area contributed by atoms with Crippen molar-refractivity contribution in [1.29, 1.82) is 0 Å². The summed E-state index contributed by atoms with van der Waals surface area (Å²) in [6.07, 6.45) is 0.532. The number of nitrogens with one attached hydrogen (secondary N) is 1. The highest BCUT2D eigenvalue weighted by Crippen LogP contribution is 2.33. The maximum absolute atomic E-state index is 12.0. The average Bonchev–Trinajstić information content (AvgIpc) is 2.77. The standard InChI is InChI=1S/C21H25N3O7/c1-4-31-16-7-5-14(6-8-16)18(25)9-10-21(26)23-22-13-15-11-19(29-2)20(30-3)12-17(15)24(27)28/h5-8,11-13,18,25H,4,9-10H2,1-3H3,(H,23,26)/b22-13-/t18-/m1/s1. The minimum Gasteiger partial charge on any atom is -0.494 e. The summed E-state index contributed by atoms with van der Waals surface area (Å²) in [5.74, 6) is 0.761. The first-order valence-corrected chi connectivity index (χ1v) is 9.52. The van der Waals surface area contributed by atoms with Crippen molar-refractivity contribution < 1.29 is 29.0 Å². The Hall–Kier alpha value is -3.66. The molecule has 0 fully saturated rings. The molecule has 10 heteroatoms. The summed E-state index contributed by atoms with van der Waals surface area (Å²) >= 11 is 0. The fourth-order valence-electron chi connectivity index (χ4n) is 2.76. The van der Waals surface area contributed by atoms with E-state index in [-0.39, 0.29) is 29.8 Å². The van der Waals surface area contributed by atoms with Crippen molar-refractivity contribution in [2.24, 2.45) is 5.10 Å². The Balaban J connectivity index is 1.95. The molecule has 0 aliphatic heterocycles. The molecule has 0 unspecified atom stereocenters. The number of ether oxygens (including phenoxy) is 3. The molecular weight excluding hydrogens is 406 g/mol. The summed E-state index contributed by atoms with van der Waals surface area (Å²) in [5.41, 5.74) is 2.86. The summed E-state index contributed by atoms with van der Waals surface area (Å²) in [6, 6.07) is 9.59. The van der Waals surface area contributed by atoms with Gasteiger partial charge in [-0.05, 0) is 37.1 Å². The summed E-state index contributed by atoms with van der Waals surface area (Å²) in [6.45, 7) is 2.43. The summed E-state index contributed by atoms with van der Waals surface area (Å²) < 4.78 is 15.5. The molecule has 2 aromatic rings. The zero-order valence-corrected chi connectivity index (χ0v) is 17.5. The number of aliphatic hydroxyl groups is 1. The van der Waals surface area contributed by atoms with E-state index in [1.807, 2.05) is 6.92 Å². The Labute approximate surface area is 179 Å². The number of nitro groups is 1. The third-order valence-electron chi connectivity index (χ3n) is 4.34. The van der Waals surface area contributed by atoms with Gasteiger partial charge in [0.05, 0.1) is 49.7 Å². The van der Waals surface area contributed by atoms with Gasteiger partial charge < -0.3 is 19.3 Å². The molecule has 0 bridgehead atoms. The molecule has 10 nitrogen and oxygen atoms in total. The predicted octanol–water partition coefficient (Wildman–Crippen LogP) is 2.97. The van der Waals surface area contributed by atoms with Gasteiger partial charge in [-0.15, -0.1) is 0 Å². The maximum atomic E-state index is 12.0. The van der Waals surface area contributed by atoms with Crippen molar-refractivity contribution >= 4 is 17.8 Å². The molecule has 166 valence electrons. The van der Waals surface area contributed by atoms with Crippen LogP contribution in [0.5, 0.6) is 17.2 Å². The number of hydrogen-bond donors (Lipinski definition) is 2. The van der Waals surface area contributed by atoms with Crippen LogP contribution in [0.25, 0.3) is 0 Å². The van der Waals surface area contributed by atoms with Crippen molar-refractivity contribution in [3.63, 3.8) is 0 Å². The highest BCUT2D eigenvalue weighted by atomic mass is 16.6. The first kappa shape index (κ1) is 23.6. The number of amides is 1. The van der Waals surface area contributed by atoms with E-state index >= 15 is 0 Å². The van der Waals surface area contributed by atoms with Gasteiger partial charge in [-0.3, -0.25) is 14.9 Å². The van der Waals surface area contributed by atoms with E-state index in [4.69, 9.17) is 14.2 Å². The minimum absolute atomic E-state index is 0.0136. The smallest absolute Gasteiger partial charge is 0.282 e. The Morgan fingerprint density at radius 3 is 2.45 bits per heavy atom. The molecule has 0 spiro atoms. The normalized spacial score (nSPS) is 11.7. The van der Waals surface area contributed by atoms with E-state index in [1.165, 1.54) is 26.4 Å². The quantitative estimate of drug-likeness (QED) is 0.317. The first-order chi connectivity index (χ1) is 14.9. The zero-order valence-electron chi connectivity index (χ0n) is 17.5. The number of carbonyl (C=O) groups is 1. The second kappa shape index (κ2) is 11.5. The van der Waals surface area contributed by atoms with Crippen LogP contribution in [0.1, 0.15) is 37.0 Å². The molecule has 2 rings (SSSR count). The predicted molar refractivity (Wildman–Crippen MR) is 114 cm³/mol. The van der Waals surface area contributed by atoms with Gasteiger partial charge in [0.2, 0.25) is 5.91 Å². The average molecular weight is 431 g/mol. The first-order valence-electron chi connectivity index (χ1n) is 9.52. The maximum Gasteiger partial charge on any atom is 0.282 e.